The van der Waals surface area contributed by atoms with Crippen LogP contribution in [-0.2, 0) is 4.74 Å². The predicted octanol–water partition coefficient (Wildman–Crippen LogP) is 1.20. The van der Waals surface area contributed by atoms with Crippen LogP contribution in [0.25, 0.3) is 0 Å². The molecule has 6 nitrogen and oxygen atoms in total. The first-order valence-electron chi connectivity index (χ1n) is 5.15. The summed E-state index contributed by atoms with van der Waals surface area (Å²) in [6.07, 6.45) is 1.56. The molecule has 0 bridgehead atoms. The first kappa shape index (κ1) is 12.3. The van der Waals surface area contributed by atoms with Gasteiger partial charge in [-0.05, 0) is 22.0 Å². The van der Waals surface area contributed by atoms with Gasteiger partial charge < -0.3 is 15.3 Å². The summed E-state index contributed by atoms with van der Waals surface area (Å²) < 4.78 is 5.85. The number of pyridine rings is 1. The number of aromatic carboxylic acids is 1. The minimum absolute atomic E-state index is 0.144. The number of carbonyl (C=O) groups is 1. The van der Waals surface area contributed by atoms with Crippen molar-refractivity contribution in [2.45, 2.75) is 0 Å². The van der Waals surface area contributed by atoms with Crippen molar-refractivity contribution in [3.05, 3.63) is 22.3 Å². The third-order valence-electron chi connectivity index (χ3n) is 2.36. The molecule has 0 amide bonds. The van der Waals surface area contributed by atoms with Crippen LogP contribution in [0.15, 0.2) is 16.7 Å². The van der Waals surface area contributed by atoms with E-state index in [2.05, 4.69) is 26.3 Å². The van der Waals surface area contributed by atoms with E-state index in [-0.39, 0.29) is 5.56 Å². The number of halogens is 1. The Balaban J connectivity index is 2.16. The largest absolute Gasteiger partial charge is 0.478 e. The van der Waals surface area contributed by atoms with E-state index in [0.717, 1.165) is 0 Å². The highest BCUT2D eigenvalue weighted by Gasteiger charge is 2.16. The molecule has 0 spiro atoms. The average molecular weight is 302 g/mol. The van der Waals surface area contributed by atoms with Crippen molar-refractivity contribution in [2.24, 2.45) is 0 Å². The summed E-state index contributed by atoms with van der Waals surface area (Å²) in [5.74, 6) is -0.655. The molecule has 92 valence electrons. The number of nitrogens with zero attached hydrogens (tertiary/aromatic N) is 2. The lowest BCUT2D eigenvalue weighted by molar-refractivity contribution is 0.0493. The molecule has 0 saturated carbocycles. The van der Waals surface area contributed by atoms with Crippen molar-refractivity contribution < 1.29 is 14.6 Å². The molecule has 2 rings (SSSR count). The summed E-state index contributed by atoms with van der Waals surface area (Å²) in [6.45, 7) is 2.67. The summed E-state index contributed by atoms with van der Waals surface area (Å²) in [5.41, 5.74) is 3.14. The SMILES string of the molecule is O=C(O)c1cc(Br)cnc1NN1CCOCC1. The molecule has 0 aliphatic carbocycles. The van der Waals surface area contributed by atoms with E-state index in [1.54, 1.807) is 6.20 Å². The summed E-state index contributed by atoms with van der Waals surface area (Å²) in [6, 6.07) is 1.53. The summed E-state index contributed by atoms with van der Waals surface area (Å²) in [7, 11) is 0. The van der Waals surface area contributed by atoms with E-state index in [4.69, 9.17) is 9.84 Å². The molecule has 2 N–H and O–H groups in total. The molecule has 17 heavy (non-hydrogen) atoms. The average Bonchev–Trinajstić information content (AvgIpc) is 2.32. The van der Waals surface area contributed by atoms with Crippen molar-refractivity contribution in [2.75, 3.05) is 31.7 Å². The number of hydrogen-bond acceptors (Lipinski definition) is 5. The van der Waals surface area contributed by atoms with Crippen LogP contribution in [0, 0.1) is 0 Å². The van der Waals surface area contributed by atoms with Gasteiger partial charge in [-0.15, -0.1) is 0 Å². The molecule has 0 atom stereocenters. The van der Waals surface area contributed by atoms with Crippen molar-refractivity contribution in [1.82, 2.24) is 9.99 Å². The highest BCUT2D eigenvalue weighted by Crippen LogP contribution is 2.18. The second-order valence-electron chi connectivity index (χ2n) is 3.57. The maximum Gasteiger partial charge on any atom is 0.339 e. The molecule has 0 aromatic carbocycles. The number of anilines is 1. The normalized spacial score (nSPS) is 16.8. The molecule has 1 aliphatic rings. The fraction of sp³-hybridized carbons (Fsp3) is 0.400. The molecule has 1 aromatic heterocycles. The fourth-order valence-corrected chi connectivity index (χ4v) is 1.85. The fourth-order valence-electron chi connectivity index (χ4n) is 1.52. The quantitative estimate of drug-likeness (QED) is 0.874. The number of carboxylic acids is 1. The number of rotatable bonds is 3. The number of carboxylic acid groups (broad SMARTS) is 1. The van der Waals surface area contributed by atoms with E-state index in [1.807, 2.05) is 5.01 Å². The monoisotopic (exact) mass is 301 g/mol. The maximum absolute atomic E-state index is 11.1. The maximum atomic E-state index is 11.1. The van der Waals surface area contributed by atoms with E-state index in [1.165, 1.54) is 6.07 Å². The van der Waals surface area contributed by atoms with Crippen LogP contribution in [0.5, 0.6) is 0 Å². The van der Waals surface area contributed by atoms with Gasteiger partial charge in [-0.25, -0.2) is 14.8 Å². The lowest BCUT2D eigenvalue weighted by atomic mass is 10.2. The Kier molecular flexibility index (Phi) is 3.93. The minimum atomic E-state index is -1.01. The first-order chi connectivity index (χ1) is 8.16. The Morgan fingerprint density at radius 2 is 2.24 bits per heavy atom. The first-order valence-corrected chi connectivity index (χ1v) is 5.94. The molecule has 7 heteroatoms. The van der Waals surface area contributed by atoms with Crippen molar-refractivity contribution in [1.29, 1.82) is 0 Å². The second-order valence-corrected chi connectivity index (χ2v) is 4.48. The molecule has 1 fully saturated rings. The van der Waals surface area contributed by atoms with Gasteiger partial charge in [0.05, 0.1) is 13.2 Å². The number of nitrogens with one attached hydrogen (secondary N) is 1. The zero-order chi connectivity index (χ0) is 12.3. The molecule has 1 aliphatic heterocycles. The lowest BCUT2D eigenvalue weighted by Gasteiger charge is -2.27. The van der Waals surface area contributed by atoms with Crippen LogP contribution in [0.1, 0.15) is 10.4 Å². The number of hydrogen-bond donors (Lipinski definition) is 2. The minimum Gasteiger partial charge on any atom is -0.478 e. The molecule has 2 heterocycles. The standard InChI is InChI=1S/C10H12BrN3O3/c11-7-5-8(10(15)16)9(12-6-7)13-14-1-3-17-4-2-14/h5-6H,1-4H2,(H,12,13)(H,15,16). The predicted molar refractivity (Wildman–Crippen MR) is 64.9 cm³/mol. The van der Waals surface area contributed by atoms with E-state index >= 15 is 0 Å². The van der Waals surface area contributed by atoms with Gasteiger partial charge in [0.1, 0.15) is 5.56 Å². The third kappa shape index (κ3) is 3.15. The van der Waals surface area contributed by atoms with E-state index in [0.29, 0.717) is 36.6 Å². The van der Waals surface area contributed by atoms with Crippen LogP contribution in [0.4, 0.5) is 5.82 Å². The van der Waals surface area contributed by atoms with Gasteiger partial charge in [0.2, 0.25) is 0 Å². The van der Waals surface area contributed by atoms with Crippen LogP contribution in [0.3, 0.4) is 0 Å². The number of ether oxygens (including phenoxy) is 1. The summed E-state index contributed by atoms with van der Waals surface area (Å²) >= 11 is 3.20. The number of aromatic nitrogens is 1. The highest BCUT2D eigenvalue weighted by atomic mass is 79.9. The van der Waals surface area contributed by atoms with Gasteiger partial charge in [-0.3, -0.25) is 0 Å². The van der Waals surface area contributed by atoms with Gasteiger partial charge >= 0.3 is 5.97 Å². The van der Waals surface area contributed by atoms with Gasteiger partial charge in [-0.2, -0.15) is 0 Å². The van der Waals surface area contributed by atoms with Crippen molar-refractivity contribution in [3.63, 3.8) is 0 Å². The van der Waals surface area contributed by atoms with Crippen LogP contribution >= 0.6 is 15.9 Å². The van der Waals surface area contributed by atoms with Gasteiger partial charge in [0.15, 0.2) is 5.82 Å². The second kappa shape index (κ2) is 5.44. The molecular formula is C10H12BrN3O3. The summed E-state index contributed by atoms with van der Waals surface area (Å²) in [5, 5.41) is 11.0. The molecular weight excluding hydrogens is 290 g/mol. The van der Waals surface area contributed by atoms with Gasteiger partial charge in [0, 0.05) is 23.8 Å². The Hall–Kier alpha value is -1.18. The van der Waals surface area contributed by atoms with Crippen LogP contribution in [-0.4, -0.2) is 47.4 Å². The topological polar surface area (TPSA) is 74.7 Å². The highest BCUT2D eigenvalue weighted by molar-refractivity contribution is 9.10. The molecule has 1 aromatic rings. The molecule has 1 saturated heterocycles. The van der Waals surface area contributed by atoms with Crippen LogP contribution in [0.2, 0.25) is 0 Å². The Labute approximate surface area is 107 Å². The summed E-state index contributed by atoms with van der Waals surface area (Å²) in [4.78, 5) is 15.1. The molecule has 0 radical (unpaired) electrons. The van der Waals surface area contributed by atoms with Crippen molar-refractivity contribution >= 4 is 27.7 Å². The van der Waals surface area contributed by atoms with Gasteiger partial charge in [-0.1, -0.05) is 0 Å². The number of morpholine rings is 1. The van der Waals surface area contributed by atoms with E-state index < -0.39 is 5.97 Å². The Bertz CT molecular complexity index is 421. The molecule has 0 unspecified atom stereocenters. The lowest BCUT2D eigenvalue weighted by Crippen LogP contribution is -2.40. The third-order valence-corrected chi connectivity index (χ3v) is 2.79. The van der Waals surface area contributed by atoms with Crippen molar-refractivity contribution in [3.8, 4) is 0 Å². The Morgan fingerprint density at radius 3 is 2.88 bits per heavy atom. The number of hydrazine groups is 1. The smallest absolute Gasteiger partial charge is 0.339 e. The van der Waals surface area contributed by atoms with E-state index in [9.17, 15) is 4.79 Å². The van der Waals surface area contributed by atoms with Gasteiger partial charge in [0.25, 0.3) is 0 Å². The zero-order valence-electron chi connectivity index (χ0n) is 9.02. The Morgan fingerprint density at radius 1 is 1.53 bits per heavy atom. The zero-order valence-corrected chi connectivity index (χ0v) is 10.6. The van der Waals surface area contributed by atoms with Crippen LogP contribution < -0.4 is 5.43 Å².